The van der Waals surface area contributed by atoms with Crippen LogP contribution in [0.2, 0.25) is 0 Å². The van der Waals surface area contributed by atoms with E-state index in [1.165, 1.54) is 5.56 Å². The fraction of sp³-hybridized carbons (Fsp3) is 0.450. The summed E-state index contributed by atoms with van der Waals surface area (Å²) in [4.78, 5) is 14.5. The van der Waals surface area contributed by atoms with E-state index in [1.807, 2.05) is 37.3 Å². The van der Waals surface area contributed by atoms with Crippen molar-refractivity contribution in [2.75, 3.05) is 19.6 Å². The summed E-state index contributed by atoms with van der Waals surface area (Å²) in [6.45, 7) is 4.00. The number of hydrogen-bond acceptors (Lipinski definition) is 4. The lowest BCUT2D eigenvalue weighted by atomic mass is 9.91. The van der Waals surface area contributed by atoms with Crippen molar-refractivity contribution in [3.8, 4) is 0 Å². The fourth-order valence-corrected chi connectivity index (χ4v) is 3.32. The van der Waals surface area contributed by atoms with Crippen LogP contribution in [0.15, 0.2) is 46.9 Å². The van der Waals surface area contributed by atoms with Crippen molar-refractivity contribution >= 4 is 5.91 Å². The maximum absolute atomic E-state index is 12.7. The van der Waals surface area contributed by atoms with Crippen LogP contribution in [0.1, 0.15) is 29.9 Å². The number of carbonyl (C=O) groups excluding carboxylic acids is 1. The fourth-order valence-electron chi connectivity index (χ4n) is 3.32. The molecule has 134 valence electrons. The second-order valence-electron chi connectivity index (χ2n) is 6.78. The molecule has 1 atom stereocenters. The predicted molar refractivity (Wildman–Crippen MR) is 96.1 cm³/mol. The molecule has 5 nitrogen and oxygen atoms in total. The molecule has 5 heteroatoms. The van der Waals surface area contributed by atoms with E-state index in [2.05, 4.69) is 17.4 Å². The highest BCUT2D eigenvalue weighted by Crippen LogP contribution is 2.22. The van der Waals surface area contributed by atoms with Crippen molar-refractivity contribution < 1.29 is 14.3 Å². The number of aryl methyl sites for hydroxylation is 1. The van der Waals surface area contributed by atoms with Crippen molar-refractivity contribution in [1.82, 2.24) is 10.2 Å². The van der Waals surface area contributed by atoms with Gasteiger partial charge in [0.05, 0.1) is 6.54 Å². The van der Waals surface area contributed by atoms with Gasteiger partial charge in [0, 0.05) is 19.6 Å². The summed E-state index contributed by atoms with van der Waals surface area (Å²) in [5.74, 6) is 1.50. The lowest BCUT2D eigenvalue weighted by molar-refractivity contribution is -0.156. The highest BCUT2D eigenvalue weighted by molar-refractivity contribution is 5.86. The zero-order chi connectivity index (χ0) is 17.7. The molecular weight excluding hydrogens is 316 g/mol. The van der Waals surface area contributed by atoms with Crippen LogP contribution < -0.4 is 5.32 Å². The predicted octanol–water partition coefficient (Wildman–Crippen LogP) is 2.27. The highest BCUT2D eigenvalue weighted by Gasteiger charge is 2.41. The summed E-state index contributed by atoms with van der Waals surface area (Å²) in [6.07, 6.45) is 2.12. The van der Waals surface area contributed by atoms with Crippen molar-refractivity contribution in [2.45, 2.75) is 38.3 Å². The average molecular weight is 342 g/mol. The minimum Gasteiger partial charge on any atom is -0.465 e. The lowest BCUT2D eigenvalue weighted by Crippen LogP contribution is -2.58. The summed E-state index contributed by atoms with van der Waals surface area (Å²) in [6, 6.07) is 13.9. The Kier molecular flexibility index (Phi) is 5.56. The van der Waals surface area contributed by atoms with Crippen LogP contribution >= 0.6 is 0 Å². The van der Waals surface area contributed by atoms with Crippen molar-refractivity contribution in [3.05, 3.63) is 59.5 Å². The first-order valence-corrected chi connectivity index (χ1v) is 8.88. The van der Waals surface area contributed by atoms with E-state index < -0.39 is 5.60 Å². The number of furan rings is 1. The van der Waals surface area contributed by atoms with E-state index in [0.717, 1.165) is 24.4 Å². The normalized spacial score (nSPS) is 20.9. The topological polar surface area (TPSA) is 65.7 Å². The molecule has 0 radical (unpaired) electrons. The third kappa shape index (κ3) is 4.50. The van der Waals surface area contributed by atoms with E-state index in [0.29, 0.717) is 26.1 Å². The molecular formula is C20H26N2O3. The molecule has 25 heavy (non-hydrogen) atoms. The molecule has 2 N–H and O–H groups in total. The molecule has 0 aliphatic carbocycles. The number of carbonyl (C=O) groups is 1. The zero-order valence-electron chi connectivity index (χ0n) is 14.7. The highest BCUT2D eigenvalue weighted by atomic mass is 16.3. The SMILES string of the molecule is Cc1ccc(CNC[C@@]2(O)CCCN(CCc3ccccc3)C2=O)o1. The maximum Gasteiger partial charge on any atom is 0.255 e. The van der Waals surface area contributed by atoms with Crippen LogP contribution in [0, 0.1) is 6.92 Å². The Balaban J connectivity index is 1.52. The summed E-state index contributed by atoms with van der Waals surface area (Å²) >= 11 is 0. The molecule has 2 aromatic rings. The second kappa shape index (κ2) is 7.85. The van der Waals surface area contributed by atoms with Crippen LogP contribution in [-0.2, 0) is 17.8 Å². The number of benzene rings is 1. The van der Waals surface area contributed by atoms with Crippen molar-refractivity contribution in [3.63, 3.8) is 0 Å². The molecule has 1 aliphatic rings. The zero-order valence-corrected chi connectivity index (χ0v) is 14.7. The van der Waals surface area contributed by atoms with Crippen molar-refractivity contribution in [2.24, 2.45) is 0 Å². The van der Waals surface area contributed by atoms with Crippen LogP contribution in [0.25, 0.3) is 0 Å². The van der Waals surface area contributed by atoms with Crippen LogP contribution in [0.5, 0.6) is 0 Å². The Morgan fingerprint density at radius 2 is 2.04 bits per heavy atom. The molecule has 1 fully saturated rings. The molecule has 3 rings (SSSR count). The van der Waals surface area contributed by atoms with Gasteiger partial charge in [-0.2, -0.15) is 0 Å². The van der Waals surface area contributed by atoms with E-state index in [1.54, 1.807) is 4.90 Å². The number of hydrogen-bond donors (Lipinski definition) is 2. The first-order valence-electron chi connectivity index (χ1n) is 8.88. The first-order chi connectivity index (χ1) is 12.1. The van der Waals surface area contributed by atoms with E-state index in [-0.39, 0.29) is 12.5 Å². The Bertz CT molecular complexity index is 698. The summed E-state index contributed by atoms with van der Waals surface area (Å²) < 4.78 is 5.50. The minimum atomic E-state index is -1.32. The summed E-state index contributed by atoms with van der Waals surface area (Å²) in [5, 5.41) is 14.0. The Labute approximate surface area is 148 Å². The quantitative estimate of drug-likeness (QED) is 0.810. The van der Waals surface area contributed by atoms with Gasteiger partial charge in [-0.3, -0.25) is 4.79 Å². The number of rotatable bonds is 7. The van der Waals surface area contributed by atoms with Gasteiger partial charge in [-0.05, 0) is 43.9 Å². The maximum atomic E-state index is 12.7. The van der Waals surface area contributed by atoms with Gasteiger partial charge in [0.15, 0.2) is 5.60 Å². The molecule has 1 saturated heterocycles. The molecule has 0 bridgehead atoms. The third-order valence-corrected chi connectivity index (χ3v) is 4.73. The third-order valence-electron chi connectivity index (χ3n) is 4.73. The van der Waals surface area contributed by atoms with Gasteiger partial charge in [-0.15, -0.1) is 0 Å². The molecule has 2 heterocycles. The number of nitrogens with zero attached hydrogens (tertiary/aromatic N) is 1. The Hall–Kier alpha value is -2.11. The van der Waals surface area contributed by atoms with Gasteiger partial charge >= 0.3 is 0 Å². The minimum absolute atomic E-state index is 0.169. The van der Waals surface area contributed by atoms with Gasteiger partial charge in [-0.25, -0.2) is 0 Å². The molecule has 0 unspecified atom stereocenters. The largest absolute Gasteiger partial charge is 0.465 e. The van der Waals surface area contributed by atoms with E-state index in [9.17, 15) is 9.90 Å². The Morgan fingerprint density at radius 3 is 2.76 bits per heavy atom. The van der Waals surface area contributed by atoms with Crippen LogP contribution in [0.3, 0.4) is 0 Å². The van der Waals surface area contributed by atoms with Crippen molar-refractivity contribution in [1.29, 1.82) is 0 Å². The number of aliphatic hydroxyl groups is 1. The van der Waals surface area contributed by atoms with Gasteiger partial charge in [0.25, 0.3) is 5.91 Å². The number of nitrogens with one attached hydrogen (secondary N) is 1. The molecule has 0 spiro atoms. The van der Waals surface area contributed by atoms with E-state index in [4.69, 9.17) is 4.42 Å². The molecule has 1 amide bonds. The smallest absolute Gasteiger partial charge is 0.255 e. The molecule has 1 aromatic heterocycles. The number of piperidine rings is 1. The van der Waals surface area contributed by atoms with Gasteiger partial charge in [0.2, 0.25) is 0 Å². The molecule has 0 saturated carbocycles. The van der Waals surface area contributed by atoms with Gasteiger partial charge < -0.3 is 19.7 Å². The second-order valence-corrected chi connectivity index (χ2v) is 6.78. The molecule has 1 aromatic carbocycles. The van der Waals surface area contributed by atoms with Crippen LogP contribution in [0.4, 0.5) is 0 Å². The first kappa shape index (κ1) is 17.7. The van der Waals surface area contributed by atoms with Crippen LogP contribution in [-0.4, -0.2) is 41.1 Å². The summed E-state index contributed by atoms with van der Waals surface area (Å²) in [7, 11) is 0. The number of amides is 1. The lowest BCUT2D eigenvalue weighted by Gasteiger charge is -2.38. The van der Waals surface area contributed by atoms with Gasteiger partial charge in [-0.1, -0.05) is 30.3 Å². The average Bonchev–Trinajstić information content (AvgIpc) is 3.03. The number of likely N-dealkylation sites (tertiary alicyclic amines) is 1. The Morgan fingerprint density at radius 1 is 1.24 bits per heavy atom. The monoisotopic (exact) mass is 342 g/mol. The standard InChI is InChI=1S/C20H26N2O3/c1-16-8-9-18(25-16)14-21-15-20(24)11-5-12-22(19(20)23)13-10-17-6-3-2-4-7-17/h2-4,6-9,21,24H,5,10-15H2,1H3/t20-/m0/s1. The summed E-state index contributed by atoms with van der Waals surface area (Å²) in [5.41, 5.74) is -0.118. The van der Waals surface area contributed by atoms with E-state index >= 15 is 0 Å². The van der Waals surface area contributed by atoms with Gasteiger partial charge in [0.1, 0.15) is 11.5 Å². The molecule has 1 aliphatic heterocycles.